The van der Waals surface area contributed by atoms with Gasteiger partial charge in [-0.05, 0) is 16.8 Å². The van der Waals surface area contributed by atoms with Gasteiger partial charge in [-0.2, -0.15) is 10.2 Å². The fraction of sp³-hybridized carbons (Fsp3) is 0.0625. The molecule has 1 heterocycles. The SMILES string of the molecule is Cn1ccc(C(=O)N/N=C\c2cccc3ccccc23)n1. The number of carbonyl (C=O) groups is 1. The molecule has 0 aliphatic rings. The van der Waals surface area contributed by atoms with E-state index in [-0.39, 0.29) is 5.91 Å². The first-order valence-electron chi connectivity index (χ1n) is 6.55. The van der Waals surface area contributed by atoms with Crippen molar-refractivity contribution in [1.82, 2.24) is 15.2 Å². The number of aryl methyl sites for hydroxylation is 1. The molecule has 3 rings (SSSR count). The minimum atomic E-state index is -0.327. The van der Waals surface area contributed by atoms with E-state index in [9.17, 15) is 4.79 Å². The van der Waals surface area contributed by atoms with E-state index in [1.807, 2.05) is 42.5 Å². The molecule has 1 N–H and O–H groups in total. The molecule has 0 saturated heterocycles. The summed E-state index contributed by atoms with van der Waals surface area (Å²) < 4.78 is 1.57. The van der Waals surface area contributed by atoms with Gasteiger partial charge in [0, 0.05) is 18.8 Å². The average Bonchev–Trinajstić information content (AvgIpc) is 2.94. The largest absolute Gasteiger partial charge is 0.291 e. The monoisotopic (exact) mass is 278 g/mol. The second kappa shape index (κ2) is 5.58. The molecule has 104 valence electrons. The summed E-state index contributed by atoms with van der Waals surface area (Å²) in [5.74, 6) is -0.327. The molecule has 5 nitrogen and oxygen atoms in total. The van der Waals surface area contributed by atoms with E-state index in [4.69, 9.17) is 0 Å². The predicted octanol–water partition coefficient (Wildman–Crippen LogP) is 2.34. The van der Waals surface area contributed by atoms with E-state index < -0.39 is 0 Å². The van der Waals surface area contributed by atoms with Gasteiger partial charge in [0.15, 0.2) is 5.69 Å². The maximum atomic E-state index is 11.8. The van der Waals surface area contributed by atoms with E-state index >= 15 is 0 Å². The molecule has 5 heteroatoms. The summed E-state index contributed by atoms with van der Waals surface area (Å²) in [4.78, 5) is 11.8. The molecule has 1 aromatic heterocycles. The molecule has 0 fully saturated rings. The number of hydrogen-bond acceptors (Lipinski definition) is 3. The van der Waals surface area contributed by atoms with Crippen molar-refractivity contribution in [2.75, 3.05) is 0 Å². The normalized spacial score (nSPS) is 11.1. The fourth-order valence-electron chi connectivity index (χ4n) is 2.12. The summed E-state index contributed by atoms with van der Waals surface area (Å²) in [7, 11) is 1.76. The van der Waals surface area contributed by atoms with Crippen LogP contribution in [0.3, 0.4) is 0 Å². The standard InChI is InChI=1S/C16H14N4O/c1-20-10-9-15(19-20)16(21)18-17-11-13-7-4-6-12-5-2-3-8-14(12)13/h2-11H,1H3,(H,18,21)/b17-11-. The Kier molecular flexibility index (Phi) is 3.47. The molecule has 0 unspecified atom stereocenters. The van der Waals surface area contributed by atoms with Gasteiger partial charge in [0.25, 0.3) is 5.91 Å². The number of hydrogen-bond donors (Lipinski definition) is 1. The third kappa shape index (κ3) is 2.81. The Labute approximate surface area is 121 Å². The molecule has 3 aromatic rings. The number of aromatic nitrogens is 2. The lowest BCUT2D eigenvalue weighted by Gasteiger charge is -2.01. The van der Waals surface area contributed by atoms with Crippen LogP contribution in [0.2, 0.25) is 0 Å². The van der Waals surface area contributed by atoms with Crippen LogP contribution < -0.4 is 5.43 Å². The van der Waals surface area contributed by atoms with Crippen molar-refractivity contribution in [3.05, 3.63) is 66.0 Å². The lowest BCUT2D eigenvalue weighted by Crippen LogP contribution is -2.18. The Morgan fingerprint density at radius 2 is 2.00 bits per heavy atom. The number of nitrogens with zero attached hydrogens (tertiary/aromatic N) is 3. The van der Waals surface area contributed by atoms with Gasteiger partial charge in [-0.25, -0.2) is 5.43 Å². The number of hydrazone groups is 1. The number of amides is 1. The van der Waals surface area contributed by atoms with Gasteiger partial charge in [-0.1, -0.05) is 42.5 Å². The molecule has 0 aliphatic heterocycles. The van der Waals surface area contributed by atoms with Crippen LogP contribution in [0.1, 0.15) is 16.1 Å². The molecule has 1 amide bonds. The minimum Gasteiger partial charge on any atom is -0.275 e. The quantitative estimate of drug-likeness (QED) is 0.590. The van der Waals surface area contributed by atoms with Crippen molar-refractivity contribution in [3.8, 4) is 0 Å². The zero-order chi connectivity index (χ0) is 14.7. The number of benzene rings is 2. The smallest absolute Gasteiger partial charge is 0.275 e. The summed E-state index contributed by atoms with van der Waals surface area (Å²) in [5, 5.41) is 10.3. The molecule has 0 bridgehead atoms. The number of carbonyl (C=O) groups excluding carboxylic acids is 1. The van der Waals surface area contributed by atoms with Crippen LogP contribution in [0, 0.1) is 0 Å². The topological polar surface area (TPSA) is 59.3 Å². The highest BCUT2D eigenvalue weighted by atomic mass is 16.2. The van der Waals surface area contributed by atoms with E-state index in [1.165, 1.54) is 0 Å². The van der Waals surface area contributed by atoms with Gasteiger partial charge >= 0.3 is 0 Å². The average molecular weight is 278 g/mol. The summed E-state index contributed by atoms with van der Waals surface area (Å²) in [6.45, 7) is 0. The summed E-state index contributed by atoms with van der Waals surface area (Å²) in [5.41, 5.74) is 3.77. The molecule has 0 saturated carbocycles. The Balaban J connectivity index is 1.78. The zero-order valence-electron chi connectivity index (χ0n) is 11.5. The van der Waals surface area contributed by atoms with Gasteiger partial charge in [0.1, 0.15) is 0 Å². The van der Waals surface area contributed by atoms with Crippen molar-refractivity contribution in [2.45, 2.75) is 0 Å². The van der Waals surface area contributed by atoms with Crippen molar-refractivity contribution in [2.24, 2.45) is 12.1 Å². The molecule has 0 aliphatic carbocycles. The highest BCUT2D eigenvalue weighted by Gasteiger charge is 2.06. The third-order valence-corrected chi connectivity index (χ3v) is 3.14. The number of fused-ring (bicyclic) bond motifs is 1. The summed E-state index contributed by atoms with van der Waals surface area (Å²) in [6, 6.07) is 15.6. The Morgan fingerprint density at radius 3 is 2.81 bits per heavy atom. The number of nitrogens with one attached hydrogen (secondary N) is 1. The maximum absolute atomic E-state index is 11.8. The molecular weight excluding hydrogens is 264 g/mol. The lowest BCUT2D eigenvalue weighted by molar-refractivity contribution is 0.0949. The second-order valence-corrected chi connectivity index (χ2v) is 4.64. The Hall–Kier alpha value is -2.95. The molecule has 2 aromatic carbocycles. The molecule has 21 heavy (non-hydrogen) atoms. The molecule has 0 atom stereocenters. The molecule has 0 spiro atoms. The highest BCUT2D eigenvalue weighted by molar-refractivity contribution is 6.00. The van der Waals surface area contributed by atoms with Crippen LogP contribution in [0.15, 0.2) is 59.8 Å². The zero-order valence-corrected chi connectivity index (χ0v) is 11.5. The van der Waals surface area contributed by atoms with Crippen LogP contribution in [0.25, 0.3) is 10.8 Å². The van der Waals surface area contributed by atoms with E-state index in [1.54, 1.807) is 30.2 Å². The summed E-state index contributed by atoms with van der Waals surface area (Å²) >= 11 is 0. The van der Waals surface area contributed by atoms with Crippen LogP contribution in [-0.4, -0.2) is 21.9 Å². The minimum absolute atomic E-state index is 0.327. The van der Waals surface area contributed by atoms with Crippen molar-refractivity contribution < 1.29 is 4.79 Å². The van der Waals surface area contributed by atoms with Gasteiger partial charge in [0.2, 0.25) is 0 Å². The van der Waals surface area contributed by atoms with Crippen molar-refractivity contribution in [1.29, 1.82) is 0 Å². The Bertz CT molecular complexity index is 815. The third-order valence-electron chi connectivity index (χ3n) is 3.14. The van der Waals surface area contributed by atoms with Gasteiger partial charge < -0.3 is 0 Å². The van der Waals surface area contributed by atoms with E-state index in [0.29, 0.717) is 5.69 Å². The Morgan fingerprint density at radius 1 is 1.19 bits per heavy atom. The molecule has 0 radical (unpaired) electrons. The summed E-state index contributed by atoms with van der Waals surface area (Å²) in [6.07, 6.45) is 3.35. The fourth-order valence-corrected chi connectivity index (χ4v) is 2.12. The second-order valence-electron chi connectivity index (χ2n) is 4.64. The molecular formula is C16H14N4O. The van der Waals surface area contributed by atoms with Crippen LogP contribution in [0.5, 0.6) is 0 Å². The van der Waals surface area contributed by atoms with E-state index in [2.05, 4.69) is 15.6 Å². The highest BCUT2D eigenvalue weighted by Crippen LogP contribution is 2.16. The first kappa shape index (κ1) is 13.1. The van der Waals surface area contributed by atoms with Gasteiger partial charge in [-0.15, -0.1) is 0 Å². The van der Waals surface area contributed by atoms with E-state index in [0.717, 1.165) is 16.3 Å². The van der Waals surface area contributed by atoms with Gasteiger partial charge in [0.05, 0.1) is 6.21 Å². The first-order valence-corrected chi connectivity index (χ1v) is 6.55. The van der Waals surface area contributed by atoms with Crippen LogP contribution in [-0.2, 0) is 7.05 Å². The van der Waals surface area contributed by atoms with Crippen LogP contribution >= 0.6 is 0 Å². The van der Waals surface area contributed by atoms with Crippen molar-refractivity contribution in [3.63, 3.8) is 0 Å². The van der Waals surface area contributed by atoms with Gasteiger partial charge in [-0.3, -0.25) is 9.48 Å². The first-order chi connectivity index (χ1) is 10.2. The lowest BCUT2D eigenvalue weighted by atomic mass is 10.1. The predicted molar refractivity (Wildman–Crippen MR) is 82.2 cm³/mol. The maximum Gasteiger partial charge on any atom is 0.291 e. The van der Waals surface area contributed by atoms with Crippen molar-refractivity contribution >= 4 is 22.9 Å². The van der Waals surface area contributed by atoms with Crippen LogP contribution in [0.4, 0.5) is 0 Å². The number of rotatable bonds is 3.